The first-order chi connectivity index (χ1) is 7.47. The molecule has 16 heavy (non-hydrogen) atoms. The summed E-state index contributed by atoms with van der Waals surface area (Å²) in [4.78, 5) is 21.7. The molecule has 0 N–H and O–H groups in total. The second kappa shape index (κ2) is 5.45. The average Bonchev–Trinajstić information content (AvgIpc) is 2.26. The molecule has 1 rings (SSSR count). The minimum absolute atomic E-state index is 0.0377. The Balaban J connectivity index is 3.21. The first-order valence-corrected chi connectivity index (χ1v) is 6.58. The normalized spacial score (nSPS) is 12.2. The summed E-state index contributed by atoms with van der Waals surface area (Å²) >= 11 is 4.51. The van der Waals surface area contributed by atoms with E-state index in [9.17, 15) is 14.9 Å². The van der Waals surface area contributed by atoms with Crippen LogP contribution in [0, 0.1) is 10.1 Å². The molecule has 0 bridgehead atoms. The van der Waals surface area contributed by atoms with Crippen molar-refractivity contribution in [1.29, 1.82) is 0 Å². The molecule has 1 aromatic rings. The van der Waals surface area contributed by atoms with Gasteiger partial charge >= 0.3 is 0 Å². The quantitative estimate of drug-likeness (QED) is 0.370. The average molecular weight is 304 g/mol. The molecule has 0 aromatic heterocycles. The first kappa shape index (κ1) is 13.2. The highest BCUT2D eigenvalue weighted by Crippen LogP contribution is 2.33. The van der Waals surface area contributed by atoms with Crippen molar-refractivity contribution < 1.29 is 9.72 Å². The number of ketones is 1. The lowest BCUT2D eigenvalue weighted by atomic mass is 10.1. The Morgan fingerprint density at radius 3 is 2.62 bits per heavy atom. The fourth-order valence-electron chi connectivity index (χ4n) is 1.24. The number of alkyl halides is 1. The molecule has 1 aromatic carbocycles. The van der Waals surface area contributed by atoms with E-state index in [1.807, 2.05) is 0 Å². The van der Waals surface area contributed by atoms with Crippen LogP contribution < -0.4 is 0 Å². The number of nitro groups is 1. The number of carbonyl (C=O) groups excluding carboxylic acids is 1. The van der Waals surface area contributed by atoms with E-state index in [4.69, 9.17) is 0 Å². The lowest BCUT2D eigenvalue weighted by Crippen LogP contribution is -2.02. The summed E-state index contributed by atoms with van der Waals surface area (Å²) < 4.78 is 0. The highest BCUT2D eigenvalue weighted by atomic mass is 79.9. The summed E-state index contributed by atoms with van der Waals surface area (Å²) in [7, 11) is 0. The van der Waals surface area contributed by atoms with Crippen molar-refractivity contribution in [2.75, 3.05) is 6.26 Å². The predicted molar refractivity (Wildman–Crippen MR) is 67.2 cm³/mol. The van der Waals surface area contributed by atoms with Crippen LogP contribution in [0.1, 0.15) is 17.3 Å². The maximum atomic E-state index is 11.2. The predicted octanol–water partition coefficient (Wildman–Crippen LogP) is 3.34. The van der Waals surface area contributed by atoms with Crippen molar-refractivity contribution in [2.45, 2.75) is 16.6 Å². The van der Waals surface area contributed by atoms with Crippen LogP contribution >= 0.6 is 27.7 Å². The molecule has 0 radical (unpaired) electrons. The summed E-state index contributed by atoms with van der Waals surface area (Å²) in [6.45, 7) is 1.44. The summed E-state index contributed by atoms with van der Waals surface area (Å²) in [5, 5.41) is 10.8. The molecule has 0 saturated heterocycles. The molecule has 0 spiro atoms. The van der Waals surface area contributed by atoms with Gasteiger partial charge in [-0.15, -0.1) is 11.8 Å². The van der Waals surface area contributed by atoms with E-state index in [1.54, 1.807) is 18.4 Å². The number of benzene rings is 1. The molecule has 0 aliphatic rings. The van der Waals surface area contributed by atoms with Gasteiger partial charge in [0.2, 0.25) is 0 Å². The van der Waals surface area contributed by atoms with Crippen molar-refractivity contribution in [3.8, 4) is 0 Å². The van der Waals surface area contributed by atoms with E-state index in [-0.39, 0.29) is 11.5 Å². The summed E-state index contributed by atoms with van der Waals surface area (Å²) in [5.74, 6) is -0.0776. The smallest absolute Gasteiger partial charge is 0.283 e. The largest absolute Gasteiger partial charge is 0.298 e. The molecule has 0 fully saturated rings. The van der Waals surface area contributed by atoms with Crippen LogP contribution in [0.2, 0.25) is 0 Å². The third-order valence-electron chi connectivity index (χ3n) is 2.05. The molecule has 1 atom stereocenters. The van der Waals surface area contributed by atoms with Gasteiger partial charge in [0.25, 0.3) is 5.69 Å². The van der Waals surface area contributed by atoms with Crippen LogP contribution in [-0.4, -0.2) is 17.0 Å². The molecule has 0 saturated carbocycles. The highest BCUT2D eigenvalue weighted by molar-refractivity contribution is 9.09. The van der Waals surface area contributed by atoms with Crippen LogP contribution in [-0.2, 0) is 4.79 Å². The van der Waals surface area contributed by atoms with Gasteiger partial charge in [-0.3, -0.25) is 14.9 Å². The molecular weight excluding hydrogens is 294 g/mol. The van der Waals surface area contributed by atoms with E-state index in [2.05, 4.69) is 15.9 Å². The zero-order valence-corrected chi connectivity index (χ0v) is 11.2. The van der Waals surface area contributed by atoms with Gasteiger partial charge < -0.3 is 0 Å². The molecule has 0 amide bonds. The Labute approximate surface area is 106 Å². The second-order valence-corrected chi connectivity index (χ2v) is 4.93. The molecule has 0 aliphatic carbocycles. The van der Waals surface area contributed by atoms with Crippen LogP contribution in [0.5, 0.6) is 0 Å². The van der Waals surface area contributed by atoms with Gasteiger partial charge in [-0.25, -0.2) is 0 Å². The molecular formula is C10H10BrNO3S. The van der Waals surface area contributed by atoms with Crippen molar-refractivity contribution in [3.05, 3.63) is 33.9 Å². The van der Waals surface area contributed by atoms with Crippen LogP contribution in [0.15, 0.2) is 23.1 Å². The monoisotopic (exact) mass is 303 g/mol. The lowest BCUT2D eigenvalue weighted by Gasteiger charge is -2.07. The number of thioether (sulfide) groups is 1. The summed E-state index contributed by atoms with van der Waals surface area (Å²) in [6.07, 6.45) is 1.78. The van der Waals surface area contributed by atoms with Crippen molar-refractivity contribution in [1.82, 2.24) is 0 Å². The van der Waals surface area contributed by atoms with Gasteiger partial charge in [0.1, 0.15) is 5.78 Å². The summed E-state index contributed by atoms with van der Waals surface area (Å²) in [5.41, 5.74) is 0.646. The van der Waals surface area contributed by atoms with Crippen LogP contribution in [0.3, 0.4) is 0 Å². The number of halogens is 1. The molecule has 1 unspecified atom stereocenters. The molecule has 0 aliphatic heterocycles. The van der Waals surface area contributed by atoms with E-state index in [0.717, 1.165) is 0 Å². The van der Waals surface area contributed by atoms with Crippen molar-refractivity contribution in [3.63, 3.8) is 0 Å². The second-order valence-electron chi connectivity index (χ2n) is 3.16. The van der Waals surface area contributed by atoms with Gasteiger partial charge in [0.05, 0.1) is 14.6 Å². The van der Waals surface area contributed by atoms with Gasteiger partial charge in [0, 0.05) is 6.07 Å². The Hall–Kier alpha value is -0.880. The van der Waals surface area contributed by atoms with E-state index in [1.165, 1.54) is 24.8 Å². The minimum atomic E-state index is -0.484. The molecule has 4 nitrogen and oxygen atoms in total. The number of Topliss-reactive ketones (excluding diaryl/α,β-unsaturated/α-hetero) is 1. The SMILES string of the molecule is CSc1ccc(C(Br)C(C)=O)cc1[N+](=O)[O-]. The van der Waals surface area contributed by atoms with Gasteiger partial charge in [0.15, 0.2) is 0 Å². The van der Waals surface area contributed by atoms with Gasteiger partial charge in [-0.2, -0.15) is 0 Å². The summed E-state index contributed by atoms with van der Waals surface area (Å²) in [6, 6.07) is 4.82. The maximum absolute atomic E-state index is 11.2. The zero-order chi connectivity index (χ0) is 12.3. The highest BCUT2D eigenvalue weighted by Gasteiger charge is 2.19. The van der Waals surface area contributed by atoms with Crippen LogP contribution in [0.25, 0.3) is 0 Å². The number of nitrogens with zero attached hydrogens (tertiary/aromatic N) is 1. The number of hydrogen-bond acceptors (Lipinski definition) is 4. The van der Waals surface area contributed by atoms with Crippen molar-refractivity contribution in [2.24, 2.45) is 0 Å². The minimum Gasteiger partial charge on any atom is -0.298 e. The molecule has 6 heteroatoms. The van der Waals surface area contributed by atoms with Gasteiger partial charge in [-0.1, -0.05) is 22.0 Å². The Kier molecular flexibility index (Phi) is 4.49. The topological polar surface area (TPSA) is 60.2 Å². The van der Waals surface area contributed by atoms with Crippen molar-refractivity contribution >= 4 is 39.2 Å². The number of carbonyl (C=O) groups is 1. The maximum Gasteiger partial charge on any atom is 0.283 e. The third-order valence-corrected chi connectivity index (χ3v) is 4.01. The Morgan fingerprint density at radius 1 is 1.56 bits per heavy atom. The number of hydrogen-bond donors (Lipinski definition) is 0. The Morgan fingerprint density at radius 2 is 2.19 bits per heavy atom. The standard InChI is InChI=1S/C10H10BrNO3S/c1-6(13)10(11)7-3-4-9(16-2)8(5-7)12(14)15/h3-5,10H,1-2H3. The van der Waals surface area contributed by atoms with Gasteiger partial charge in [-0.05, 0) is 24.8 Å². The van der Waals surface area contributed by atoms with E-state index < -0.39 is 9.75 Å². The Bertz CT molecular complexity index is 436. The molecule has 0 heterocycles. The zero-order valence-electron chi connectivity index (χ0n) is 8.77. The lowest BCUT2D eigenvalue weighted by molar-refractivity contribution is -0.387. The number of nitro benzene ring substituents is 1. The molecule has 86 valence electrons. The first-order valence-electron chi connectivity index (χ1n) is 4.44. The fourth-order valence-corrected chi connectivity index (χ4v) is 2.07. The van der Waals surface area contributed by atoms with Crippen LogP contribution in [0.4, 0.5) is 5.69 Å². The van der Waals surface area contributed by atoms with E-state index in [0.29, 0.717) is 10.5 Å². The third kappa shape index (κ3) is 2.82. The number of rotatable bonds is 4. The fraction of sp³-hybridized carbons (Fsp3) is 0.300. The van der Waals surface area contributed by atoms with E-state index >= 15 is 0 Å².